The van der Waals surface area contributed by atoms with Crippen molar-refractivity contribution >= 4 is 33.2 Å². The predicted octanol–water partition coefficient (Wildman–Crippen LogP) is 4.30. The van der Waals surface area contributed by atoms with Crippen LogP contribution in [0.5, 0.6) is 5.75 Å². The van der Waals surface area contributed by atoms with E-state index in [2.05, 4.69) is 19.2 Å². The Morgan fingerprint density at radius 2 is 1.80 bits per heavy atom. The Morgan fingerprint density at radius 1 is 1.17 bits per heavy atom. The van der Waals surface area contributed by atoms with E-state index in [-0.39, 0.29) is 24.1 Å². The number of carbonyl (C=O) groups is 1. The first-order chi connectivity index (χ1) is 14.2. The molecule has 0 radical (unpaired) electrons. The summed E-state index contributed by atoms with van der Waals surface area (Å²) in [4.78, 5) is 12.9. The van der Waals surface area contributed by atoms with Gasteiger partial charge in [-0.15, -0.1) is 0 Å². The van der Waals surface area contributed by atoms with Crippen LogP contribution in [-0.4, -0.2) is 32.7 Å². The maximum atomic E-state index is 12.9. The molecule has 1 atom stereocenters. The van der Waals surface area contributed by atoms with Crippen molar-refractivity contribution < 1.29 is 17.9 Å². The largest absolute Gasteiger partial charge is 0.487 e. The molecule has 0 bridgehead atoms. The number of sulfonamides is 1. The molecule has 162 valence electrons. The molecule has 1 aliphatic rings. The molecular weight excluding hydrogens is 424 g/mol. The summed E-state index contributed by atoms with van der Waals surface area (Å²) >= 11 is 5.91. The molecule has 8 heteroatoms. The van der Waals surface area contributed by atoms with E-state index in [0.717, 1.165) is 34.7 Å². The topological polar surface area (TPSA) is 75.7 Å². The standard InChI is InChI=1S/C22H27ClN2O4S/c1-4-22(5-2)14-19(18-8-6-7-9-20(18)29-22)24-21(26)15-25(30(3,27)28)17-12-10-16(23)11-13-17/h6-13,19H,4-5,14-15H2,1-3H3,(H,24,26)/t19-/m0/s1. The van der Waals surface area contributed by atoms with Crippen LogP contribution in [0.1, 0.15) is 44.7 Å². The molecule has 0 unspecified atom stereocenters. The van der Waals surface area contributed by atoms with E-state index < -0.39 is 10.0 Å². The van der Waals surface area contributed by atoms with Gasteiger partial charge in [0, 0.05) is 17.0 Å². The normalized spacial score (nSPS) is 17.5. The highest BCUT2D eigenvalue weighted by Crippen LogP contribution is 2.42. The average molecular weight is 451 g/mol. The zero-order valence-corrected chi connectivity index (χ0v) is 19.0. The Hall–Kier alpha value is -2.25. The first-order valence-corrected chi connectivity index (χ1v) is 12.2. The lowest BCUT2D eigenvalue weighted by Crippen LogP contribution is -2.47. The number of para-hydroxylation sites is 1. The smallest absolute Gasteiger partial charge is 0.241 e. The second-order valence-corrected chi connectivity index (χ2v) is 9.94. The van der Waals surface area contributed by atoms with Crippen molar-refractivity contribution in [2.45, 2.75) is 44.8 Å². The van der Waals surface area contributed by atoms with Gasteiger partial charge in [-0.1, -0.05) is 43.6 Å². The summed E-state index contributed by atoms with van der Waals surface area (Å²) < 4.78 is 32.0. The summed E-state index contributed by atoms with van der Waals surface area (Å²) in [7, 11) is -3.65. The highest BCUT2D eigenvalue weighted by Gasteiger charge is 2.39. The molecule has 1 N–H and O–H groups in total. The second kappa shape index (κ2) is 8.86. The number of halogens is 1. The van der Waals surface area contributed by atoms with E-state index in [1.54, 1.807) is 24.3 Å². The number of hydrogen-bond donors (Lipinski definition) is 1. The minimum Gasteiger partial charge on any atom is -0.487 e. The van der Waals surface area contributed by atoms with Gasteiger partial charge in [-0.3, -0.25) is 9.10 Å². The minimum atomic E-state index is -3.65. The van der Waals surface area contributed by atoms with Gasteiger partial charge in [0.1, 0.15) is 17.9 Å². The Balaban J connectivity index is 1.84. The number of fused-ring (bicyclic) bond motifs is 1. The number of nitrogens with one attached hydrogen (secondary N) is 1. The van der Waals surface area contributed by atoms with Crippen LogP contribution in [0.15, 0.2) is 48.5 Å². The number of amides is 1. The van der Waals surface area contributed by atoms with Crippen molar-refractivity contribution in [1.82, 2.24) is 5.32 Å². The third kappa shape index (κ3) is 4.90. The van der Waals surface area contributed by atoms with Crippen molar-refractivity contribution in [3.05, 3.63) is 59.1 Å². The molecule has 30 heavy (non-hydrogen) atoms. The number of rotatable bonds is 7. The summed E-state index contributed by atoms with van der Waals surface area (Å²) in [5, 5.41) is 3.52. The summed E-state index contributed by atoms with van der Waals surface area (Å²) in [6.45, 7) is 3.83. The van der Waals surface area contributed by atoms with Crippen molar-refractivity contribution in [2.24, 2.45) is 0 Å². The summed E-state index contributed by atoms with van der Waals surface area (Å²) in [6, 6.07) is 13.8. The van der Waals surface area contributed by atoms with E-state index in [4.69, 9.17) is 16.3 Å². The zero-order valence-electron chi connectivity index (χ0n) is 17.4. The van der Waals surface area contributed by atoms with Gasteiger partial charge in [0.25, 0.3) is 0 Å². The predicted molar refractivity (Wildman–Crippen MR) is 120 cm³/mol. The number of nitrogens with zero attached hydrogens (tertiary/aromatic N) is 1. The lowest BCUT2D eigenvalue weighted by atomic mass is 9.83. The van der Waals surface area contributed by atoms with E-state index in [0.29, 0.717) is 17.1 Å². The van der Waals surface area contributed by atoms with Gasteiger partial charge in [-0.25, -0.2) is 8.42 Å². The molecule has 0 spiro atoms. The fraction of sp³-hybridized carbons (Fsp3) is 0.409. The number of carbonyl (C=O) groups excluding carboxylic acids is 1. The molecule has 6 nitrogen and oxygen atoms in total. The fourth-order valence-electron chi connectivity index (χ4n) is 3.81. The van der Waals surface area contributed by atoms with Crippen LogP contribution in [0, 0.1) is 0 Å². The van der Waals surface area contributed by atoms with Gasteiger partial charge in [0.05, 0.1) is 18.0 Å². The Labute approximate surface area is 183 Å². The molecule has 1 amide bonds. The first kappa shape index (κ1) is 22.4. The minimum absolute atomic E-state index is 0.256. The highest BCUT2D eigenvalue weighted by atomic mass is 35.5. The Morgan fingerprint density at radius 3 is 2.40 bits per heavy atom. The van der Waals surface area contributed by atoms with Crippen LogP contribution < -0.4 is 14.4 Å². The summed E-state index contributed by atoms with van der Waals surface area (Å²) in [5.74, 6) is 0.383. The number of hydrogen-bond acceptors (Lipinski definition) is 4. The quantitative estimate of drug-likeness (QED) is 0.682. The molecule has 2 aromatic carbocycles. The van der Waals surface area contributed by atoms with Crippen LogP contribution in [0.2, 0.25) is 5.02 Å². The van der Waals surface area contributed by atoms with Crippen LogP contribution >= 0.6 is 11.6 Å². The monoisotopic (exact) mass is 450 g/mol. The van der Waals surface area contributed by atoms with Crippen molar-refractivity contribution in [3.63, 3.8) is 0 Å². The van der Waals surface area contributed by atoms with Gasteiger partial charge < -0.3 is 10.1 Å². The molecule has 3 rings (SSSR count). The molecule has 0 fully saturated rings. The lowest BCUT2D eigenvalue weighted by molar-refractivity contribution is -0.121. The summed E-state index contributed by atoms with van der Waals surface area (Å²) in [6.07, 6.45) is 3.33. The van der Waals surface area contributed by atoms with Crippen LogP contribution in [0.3, 0.4) is 0 Å². The summed E-state index contributed by atoms with van der Waals surface area (Å²) in [5.41, 5.74) is 0.931. The molecule has 0 saturated carbocycles. The lowest BCUT2D eigenvalue weighted by Gasteiger charge is -2.41. The highest BCUT2D eigenvalue weighted by molar-refractivity contribution is 7.92. The molecule has 1 heterocycles. The maximum absolute atomic E-state index is 12.9. The van der Waals surface area contributed by atoms with Gasteiger partial charge >= 0.3 is 0 Å². The third-order valence-corrected chi connectivity index (χ3v) is 7.02. The molecule has 0 saturated heterocycles. The van der Waals surface area contributed by atoms with Gasteiger partial charge in [-0.05, 0) is 43.2 Å². The third-order valence-electron chi connectivity index (χ3n) is 5.62. The first-order valence-electron chi connectivity index (χ1n) is 9.98. The molecule has 1 aliphatic heterocycles. The van der Waals surface area contributed by atoms with Gasteiger partial charge in [0.2, 0.25) is 15.9 Å². The van der Waals surface area contributed by atoms with Crippen LogP contribution in [0.25, 0.3) is 0 Å². The van der Waals surface area contributed by atoms with E-state index in [9.17, 15) is 13.2 Å². The number of anilines is 1. The second-order valence-electron chi connectivity index (χ2n) is 7.60. The fourth-order valence-corrected chi connectivity index (χ4v) is 4.79. The van der Waals surface area contributed by atoms with Gasteiger partial charge in [0.15, 0.2) is 0 Å². The van der Waals surface area contributed by atoms with E-state index in [1.165, 1.54) is 0 Å². The Kier molecular flexibility index (Phi) is 6.62. The number of benzene rings is 2. The van der Waals surface area contributed by atoms with E-state index in [1.807, 2.05) is 24.3 Å². The average Bonchev–Trinajstić information content (AvgIpc) is 2.72. The van der Waals surface area contributed by atoms with Crippen molar-refractivity contribution in [1.29, 1.82) is 0 Å². The molecule has 2 aromatic rings. The van der Waals surface area contributed by atoms with Crippen molar-refractivity contribution in [2.75, 3.05) is 17.1 Å². The van der Waals surface area contributed by atoms with Crippen LogP contribution in [0.4, 0.5) is 5.69 Å². The maximum Gasteiger partial charge on any atom is 0.241 e. The van der Waals surface area contributed by atoms with Gasteiger partial charge in [-0.2, -0.15) is 0 Å². The number of ether oxygens (including phenoxy) is 1. The molecule has 0 aliphatic carbocycles. The molecule has 0 aromatic heterocycles. The zero-order chi connectivity index (χ0) is 21.9. The SMILES string of the molecule is CCC1(CC)C[C@H](NC(=O)CN(c2ccc(Cl)cc2)S(C)(=O)=O)c2ccccc2O1. The van der Waals surface area contributed by atoms with E-state index >= 15 is 0 Å². The van der Waals surface area contributed by atoms with Crippen molar-refractivity contribution in [3.8, 4) is 5.75 Å². The molecular formula is C22H27ClN2O4S. The Bertz CT molecular complexity index is 1000. The van der Waals surface area contributed by atoms with Crippen LogP contribution in [-0.2, 0) is 14.8 Å².